The lowest BCUT2D eigenvalue weighted by Crippen LogP contribution is -2.16. The first kappa shape index (κ1) is 17.6. The fraction of sp³-hybridized carbons (Fsp3) is 0.235. The van der Waals surface area contributed by atoms with E-state index in [-0.39, 0.29) is 5.91 Å². The molecule has 0 saturated carbocycles. The predicted molar refractivity (Wildman–Crippen MR) is 98.6 cm³/mol. The second-order valence-electron chi connectivity index (χ2n) is 5.04. The molecule has 0 aliphatic rings. The summed E-state index contributed by atoms with van der Waals surface area (Å²) >= 11 is 9.49. The molecule has 0 atom stereocenters. The summed E-state index contributed by atoms with van der Waals surface area (Å²) in [6.07, 6.45) is 0.360. The third kappa shape index (κ3) is 5.15. The van der Waals surface area contributed by atoms with Crippen LogP contribution in [0.3, 0.4) is 0 Å². The van der Waals surface area contributed by atoms with Crippen molar-refractivity contribution in [2.45, 2.75) is 13.3 Å². The Kier molecular flexibility index (Phi) is 6.30. The minimum Gasteiger partial charge on any atom is -0.495 e. The van der Waals surface area contributed by atoms with Gasteiger partial charge in [0.15, 0.2) is 0 Å². The van der Waals surface area contributed by atoms with Gasteiger partial charge in [0.25, 0.3) is 0 Å². The number of aryl methyl sites for hydroxylation is 1. The zero-order chi connectivity index (χ0) is 16.8. The number of benzene rings is 2. The molecule has 1 amide bonds. The number of halogens is 2. The van der Waals surface area contributed by atoms with Gasteiger partial charge in [0, 0.05) is 28.8 Å². The van der Waals surface area contributed by atoms with Gasteiger partial charge in [-0.2, -0.15) is 0 Å². The second kappa shape index (κ2) is 8.22. The maximum Gasteiger partial charge on any atom is 0.226 e. The summed E-state index contributed by atoms with van der Waals surface area (Å²) in [6, 6.07) is 11.1. The average molecular weight is 398 g/mol. The average Bonchev–Trinajstić information content (AvgIpc) is 2.51. The molecule has 2 aromatic carbocycles. The standard InChI is InChI=1S/C17H18BrClN2O2/c1-11-9-12(3-5-14(11)18)20-8-7-17(22)21-13-4-6-16(23-2)15(19)10-13/h3-6,9-10,20H,7-8H2,1-2H3,(H,21,22). The van der Waals surface area contributed by atoms with Crippen molar-refractivity contribution in [3.05, 3.63) is 51.5 Å². The lowest BCUT2D eigenvalue weighted by atomic mass is 10.2. The fourth-order valence-corrected chi connectivity index (χ4v) is 2.55. The van der Waals surface area contributed by atoms with Crippen LogP contribution in [0.25, 0.3) is 0 Å². The van der Waals surface area contributed by atoms with E-state index < -0.39 is 0 Å². The Bertz CT molecular complexity index is 707. The first-order valence-electron chi connectivity index (χ1n) is 7.13. The molecule has 0 heterocycles. The monoisotopic (exact) mass is 396 g/mol. The van der Waals surface area contributed by atoms with E-state index in [1.807, 2.05) is 25.1 Å². The molecule has 0 spiro atoms. The van der Waals surface area contributed by atoms with Crippen LogP contribution in [0.4, 0.5) is 11.4 Å². The van der Waals surface area contributed by atoms with Crippen LogP contribution in [-0.2, 0) is 4.79 Å². The fourth-order valence-electron chi connectivity index (χ4n) is 2.04. The Hall–Kier alpha value is -1.72. The summed E-state index contributed by atoms with van der Waals surface area (Å²) in [7, 11) is 1.55. The quantitative estimate of drug-likeness (QED) is 0.732. The van der Waals surface area contributed by atoms with Crippen LogP contribution in [0.1, 0.15) is 12.0 Å². The number of rotatable bonds is 6. The van der Waals surface area contributed by atoms with Crippen LogP contribution in [0, 0.1) is 6.92 Å². The summed E-state index contributed by atoms with van der Waals surface area (Å²) < 4.78 is 6.15. The van der Waals surface area contributed by atoms with Gasteiger partial charge in [-0.15, -0.1) is 0 Å². The van der Waals surface area contributed by atoms with Gasteiger partial charge in [-0.25, -0.2) is 0 Å². The number of hydrogen-bond acceptors (Lipinski definition) is 3. The SMILES string of the molecule is COc1ccc(NC(=O)CCNc2ccc(Br)c(C)c2)cc1Cl. The first-order chi connectivity index (χ1) is 11.0. The molecule has 2 N–H and O–H groups in total. The second-order valence-corrected chi connectivity index (χ2v) is 6.30. The number of methoxy groups -OCH3 is 1. The molecule has 0 fully saturated rings. The topological polar surface area (TPSA) is 50.4 Å². The minimum absolute atomic E-state index is 0.0763. The molecule has 0 aromatic heterocycles. The van der Waals surface area contributed by atoms with Crippen molar-refractivity contribution < 1.29 is 9.53 Å². The highest BCUT2D eigenvalue weighted by Crippen LogP contribution is 2.27. The van der Waals surface area contributed by atoms with Gasteiger partial charge in [-0.1, -0.05) is 27.5 Å². The van der Waals surface area contributed by atoms with E-state index in [4.69, 9.17) is 16.3 Å². The molecule has 0 radical (unpaired) electrons. The van der Waals surface area contributed by atoms with Crippen molar-refractivity contribution >= 4 is 44.8 Å². The number of amides is 1. The Balaban J connectivity index is 1.83. The van der Waals surface area contributed by atoms with E-state index in [1.165, 1.54) is 0 Å². The summed E-state index contributed by atoms with van der Waals surface area (Å²) in [6.45, 7) is 2.58. The Morgan fingerprint density at radius 3 is 2.61 bits per heavy atom. The highest BCUT2D eigenvalue weighted by Gasteiger charge is 2.06. The highest BCUT2D eigenvalue weighted by molar-refractivity contribution is 9.10. The van der Waals surface area contributed by atoms with Crippen LogP contribution in [0.5, 0.6) is 5.75 Å². The molecule has 2 aromatic rings. The summed E-state index contributed by atoms with van der Waals surface area (Å²) in [5, 5.41) is 6.51. The Morgan fingerprint density at radius 1 is 1.22 bits per heavy atom. The molecule has 122 valence electrons. The van der Waals surface area contributed by atoms with Gasteiger partial charge in [-0.3, -0.25) is 4.79 Å². The van der Waals surface area contributed by atoms with Gasteiger partial charge in [0.05, 0.1) is 12.1 Å². The van der Waals surface area contributed by atoms with Crippen molar-refractivity contribution in [3.8, 4) is 5.75 Å². The van der Waals surface area contributed by atoms with Crippen LogP contribution in [0.2, 0.25) is 5.02 Å². The van der Waals surface area contributed by atoms with E-state index in [1.54, 1.807) is 25.3 Å². The van der Waals surface area contributed by atoms with Crippen LogP contribution < -0.4 is 15.4 Å². The highest BCUT2D eigenvalue weighted by atomic mass is 79.9. The maximum atomic E-state index is 12.0. The van der Waals surface area contributed by atoms with E-state index in [0.29, 0.717) is 29.4 Å². The third-order valence-corrected chi connectivity index (χ3v) is 4.46. The van der Waals surface area contributed by atoms with Gasteiger partial charge < -0.3 is 15.4 Å². The number of anilines is 2. The number of carbonyl (C=O) groups excluding carboxylic acids is 1. The van der Waals surface area contributed by atoms with Gasteiger partial charge in [-0.05, 0) is 48.9 Å². The van der Waals surface area contributed by atoms with Crippen molar-refractivity contribution in [1.29, 1.82) is 0 Å². The van der Waals surface area contributed by atoms with E-state index in [9.17, 15) is 4.79 Å². The molecule has 0 aliphatic heterocycles. The number of nitrogens with one attached hydrogen (secondary N) is 2. The first-order valence-corrected chi connectivity index (χ1v) is 8.30. The molecule has 0 aliphatic carbocycles. The molecular weight excluding hydrogens is 380 g/mol. The largest absolute Gasteiger partial charge is 0.495 e. The van der Waals surface area contributed by atoms with Crippen molar-refractivity contribution in [3.63, 3.8) is 0 Å². The molecule has 23 heavy (non-hydrogen) atoms. The van der Waals surface area contributed by atoms with E-state index >= 15 is 0 Å². The molecule has 4 nitrogen and oxygen atoms in total. The van der Waals surface area contributed by atoms with Crippen LogP contribution in [-0.4, -0.2) is 19.6 Å². The lowest BCUT2D eigenvalue weighted by molar-refractivity contribution is -0.115. The molecule has 0 bridgehead atoms. The van der Waals surface area contributed by atoms with Gasteiger partial charge in [0.2, 0.25) is 5.91 Å². The van der Waals surface area contributed by atoms with E-state index in [0.717, 1.165) is 15.7 Å². The number of hydrogen-bond donors (Lipinski definition) is 2. The van der Waals surface area contributed by atoms with Gasteiger partial charge >= 0.3 is 0 Å². The normalized spacial score (nSPS) is 10.3. The summed E-state index contributed by atoms with van der Waals surface area (Å²) in [5.74, 6) is 0.504. The van der Waals surface area contributed by atoms with Crippen LogP contribution >= 0.6 is 27.5 Å². The van der Waals surface area contributed by atoms with Crippen molar-refractivity contribution in [2.24, 2.45) is 0 Å². The molecule has 6 heteroatoms. The lowest BCUT2D eigenvalue weighted by Gasteiger charge is -2.10. The summed E-state index contributed by atoms with van der Waals surface area (Å²) in [5.41, 5.74) is 2.79. The zero-order valence-corrected chi connectivity index (χ0v) is 15.3. The molecule has 0 saturated heterocycles. The zero-order valence-electron chi connectivity index (χ0n) is 13.0. The van der Waals surface area contributed by atoms with Crippen molar-refractivity contribution in [1.82, 2.24) is 0 Å². The molecular formula is C17H18BrClN2O2. The Labute approximate surface area is 149 Å². The maximum absolute atomic E-state index is 12.0. The van der Waals surface area contributed by atoms with Gasteiger partial charge in [0.1, 0.15) is 5.75 Å². The van der Waals surface area contributed by atoms with Crippen LogP contribution in [0.15, 0.2) is 40.9 Å². The van der Waals surface area contributed by atoms with E-state index in [2.05, 4.69) is 26.6 Å². The smallest absolute Gasteiger partial charge is 0.226 e. The van der Waals surface area contributed by atoms with Crippen molar-refractivity contribution in [2.75, 3.05) is 24.3 Å². The minimum atomic E-state index is -0.0763. The summed E-state index contributed by atoms with van der Waals surface area (Å²) in [4.78, 5) is 12.0. The third-order valence-electron chi connectivity index (χ3n) is 3.27. The Morgan fingerprint density at radius 2 is 1.96 bits per heavy atom. The predicted octanol–water partition coefficient (Wildman–Crippen LogP) is 4.86. The number of ether oxygens (including phenoxy) is 1. The number of carbonyl (C=O) groups is 1. The molecule has 0 unspecified atom stereocenters. The molecule has 2 rings (SSSR count).